The standard InChI is InChI=1S/C12H11F2N3/c13-8-2-1-3-9(14)12(8)10-4-6-15-11-5-7-16-17(10)11/h1-3,5,7,10,15H,4,6H2. The van der Waals surface area contributed by atoms with Gasteiger partial charge in [0.05, 0.1) is 12.2 Å². The zero-order valence-corrected chi connectivity index (χ0v) is 9.03. The van der Waals surface area contributed by atoms with Gasteiger partial charge in [0.25, 0.3) is 0 Å². The molecule has 1 aliphatic rings. The average Bonchev–Trinajstić information content (AvgIpc) is 2.77. The van der Waals surface area contributed by atoms with Crippen LogP contribution >= 0.6 is 0 Å². The molecule has 1 aromatic heterocycles. The van der Waals surface area contributed by atoms with Crippen LogP contribution in [-0.2, 0) is 0 Å². The van der Waals surface area contributed by atoms with Crippen LogP contribution in [0.5, 0.6) is 0 Å². The summed E-state index contributed by atoms with van der Waals surface area (Å²) in [5.41, 5.74) is 0.0963. The van der Waals surface area contributed by atoms with Crippen molar-refractivity contribution >= 4 is 5.82 Å². The third-order valence-corrected chi connectivity index (χ3v) is 3.02. The molecule has 0 fully saturated rings. The third-order valence-electron chi connectivity index (χ3n) is 3.02. The lowest BCUT2D eigenvalue weighted by atomic mass is 10.0. The topological polar surface area (TPSA) is 29.9 Å². The van der Waals surface area contributed by atoms with E-state index in [1.165, 1.54) is 18.2 Å². The van der Waals surface area contributed by atoms with Crippen LogP contribution in [0.4, 0.5) is 14.6 Å². The van der Waals surface area contributed by atoms with Gasteiger partial charge in [-0.3, -0.25) is 0 Å². The Balaban J connectivity index is 2.13. The highest BCUT2D eigenvalue weighted by atomic mass is 19.1. The molecule has 17 heavy (non-hydrogen) atoms. The van der Waals surface area contributed by atoms with Crippen LogP contribution in [0.15, 0.2) is 30.5 Å². The number of anilines is 1. The summed E-state index contributed by atoms with van der Waals surface area (Å²) in [4.78, 5) is 0. The summed E-state index contributed by atoms with van der Waals surface area (Å²) in [7, 11) is 0. The van der Waals surface area contributed by atoms with Gasteiger partial charge < -0.3 is 5.32 Å². The Morgan fingerprint density at radius 1 is 1.24 bits per heavy atom. The van der Waals surface area contributed by atoms with Gasteiger partial charge in [-0.2, -0.15) is 5.10 Å². The molecule has 0 aliphatic carbocycles. The summed E-state index contributed by atoms with van der Waals surface area (Å²) in [6, 6.07) is 5.36. The fourth-order valence-electron chi connectivity index (χ4n) is 2.26. The van der Waals surface area contributed by atoms with Crippen LogP contribution in [0.1, 0.15) is 18.0 Å². The SMILES string of the molecule is Fc1cccc(F)c1C1CCNc2ccnn21. The molecule has 88 valence electrons. The zero-order valence-electron chi connectivity index (χ0n) is 9.03. The van der Waals surface area contributed by atoms with Gasteiger partial charge in [-0.15, -0.1) is 0 Å². The largest absolute Gasteiger partial charge is 0.370 e. The smallest absolute Gasteiger partial charge is 0.131 e. The summed E-state index contributed by atoms with van der Waals surface area (Å²) in [6.45, 7) is 0.685. The van der Waals surface area contributed by atoms with E-state index in [9.17, 15) is 8.78 Å². The molecule has 0 radical (unpaired) electrons. The van der Waals surface area contributed by atoms with Gasteiger partial charge in [-0.25, -0.2) is 13.5 Å². The molecular formula is C12H11F2N3. The number of nitrogens with one attached hydrogen (secondary N) is 1. The van der Waals surface area contributed by atoms with E-state index in [-0.39, 0.29) is 11.6 Å². The predicted octanol–water partition coefficient (Wildman–Crippen LogP) is 2.57. The second kappa shape index (κ2) is 3.84. The second-order valence-corrected chi connectivity index (χ2v) is 4.03. The van der Waals surface area contributed by atoms with Crippen molar-refractivity contribution < 1.29 is 8.78 Å². The molecule has 3 nitrogen and oxygen atoms in total. The summed E-state index contributed by atoms with van der Waals surface area (Å²) in [6.07, 6.45) is 2.24. The van der Waals surface area contributed by atoms with Crippen LogP contribution in [0.3, 0.4) is 0 Å². The highest BCUT2D eigenvalue weighted by Gasteiger charge is 2.26. The van der Waals surface area contributed by atoms with Gasteiger partial charge in [0.2, 0.25) is 0 Å². The maximum Gasteiger partial charge on any atom is 0.131 e. The Kier molecular flexibility index (Phi) is 2.31. The quantitative estimate of drug-likeness (QED) is 0.823. The first-order chi connectivity index (χ1) is 8.27. The van der Waals surface area contributed by atoms with Crippen molar-refractivity contribution in [3.63, 3.8) is 0 Å². The molecule has 0 saturated carbocycles. The molecule has 0 bridgehead atoms. The molecule has 3 rings (SSSR count). The minimum atomic E-state index is -0.515. The molecule has 0 spiro atoms. The maximum atomic E-state index is 13.7. The van der Waals surface area contributed by atoms with E-state index in [1.807, 2.05) is 0 Å². The van der Waals surface area contributed by atoms with E-state index in [4.69, 9.17) is 0 Å². The lowest BCUT2D eigenvalue weighted by Gasteiger charge is -2.26. The van der Waals surface area contributed by atoms with Crippen molar-refractivity contribution in [2.75, 3.05) is 11.9 Å². The first kappa shape index (κ1) is 10.3. The van der Waals surface area contributed by atoms with Crippen molar-refractivity contribution in [2.24, 2.45) is 0 Å². The minimum Gasteiger partial charge on any atom is -0.370 e. The van der Waals surface area contributed by atoms with Crippen molar-refractivity contribution in [2.45, 2.75) is 12.5 Å². The number of fused-ring (bicyclic) bond motifs is 1. The maximum absolute atomic E-state index is 13.7. The van der Waals surface area contributed by atoms with Crippen molar-refractivity contribution in [1.82, 2.24) is 9.78 Å². The predicted molar refractivity (Wildman–Crippen MR) is 59.8 cm³/mol. The van der Waals surface area contributed by atoms with Crippen molar-refractivity contribution in [1.29, 1.82) is 0 Å². The van der Waals surface area contributed by atoms with E-state index in [0.29, 0.717) is 13.0 Å². The van der Waals surface area contributed by atoms with Gasteiger partial charge in [-0.1, -0.05) is 6.07 Å². The van der Waals surface area contributed by atoms with Gasteiger partial charge in [0.1, 0.15) is 17.5 Å². The number of halogens is 2. The molecule has 1 unspecified atom stereocenters. The van der Waals surface area contributed by atoms with E-state index >= 15 is 0 Å². The average molecular weight is 235 g/mol. The van der Waals surface area contributed by atoms with Crippen LogP contribution in [0, 0.1) is 11.6 Å². The van der Waals surface area contributed by atoms with Gasteiger partial charge in [0, 0.05) is 18.2 Å². The highest BCUT2D eigenvalue weighted by molar-refractivity contribution is 5.39. The Morgan fingerprint density at radius 2 is 2.00 bits per heavy atom. The third kappa shape index (κ3) is 1.58. The molecule has 2 aromatic rings. The molecule has 1 N–H and O–H groups in total. The van der Waals surface area contributed by atoms with E-state index in [2.05, 4.69) is 10.4 Å². The molecule has 1 aliphatic heterocycles. The van der Waals surface area contributed by atoms with Gasteiger partial charge in [-0.05, 0) is 18.6 Å². The van der Waals surface area contributed by atoms with E-state index in [1.54, 1.807) is 16.9 Å². The summed E-state index contributed by atoms with van der Waals surface area (Å²) >= 11 is 0. The molecule has 0 saturated heterocycles. The van der Waals surface area contributed by atoms with Crippen LogP contribution in [0.25, 0.3) is 0 Å². The van der Waals surface area contributed by atoms with Gasteiger partial charge in [0.15, 0.2) is 0 Å². The van der Waals surface area contributed by atoms with E-state index in [0.717, 1.165) is 5.82 Å². The Bertz CT molecular complexity index is 530. The number of benzene rings is 1. The molecular weight excluding hydrogens is 224 g/mol. The minimum absolute atomic E-state index is 0.0963. The van der Waals surface area contributed by atoms with Crippen molar-refractivity contribution in [3.8, 4) is 0 Å². The zero-order chi connectivity index (χ0) is 11.8. The molecule has 2 heterocycles. The number of hydrogen-bond acceptors (Lipinski definition) is 2. The van der Waals surface area contributed by atoms with Crippen LogP contribution in [-0.4, -0.2) is 16.3 Å². The Morgan fingerprint density at radius 3 is 2.76 bits per heavy atom. The summed E-state index contributed by atoms with van der Waals surface area (Å²) < 4.78 is 29.1. The number of nitrogens with zero attached hydrogens (tertiary/aromatic N) is 2. The summed E-state index contributed by atoms with van der Waals surface area (Å²) in [5, 5.41) is 7.25. The molecule has 0 amide bonds. The van der Waals surface area contributed by atoms with Crippen LogP contribution in [0.2, 0.25) is 0 Å². The molecule has 1 aromatic carbocycles. The summed E-state index contributed by atoms with van der Waals surface area (Å²) in [5.74, 6) is -0.236. The molecule has 5 heteroatoms. The fourth-order valence-corrected chi connectivity index (χ4v) is 2.26. The fraction of sp³-hybridized carbons (Fsp3) is 0.250. The van der Waals surface area contributed by atoms with Gasteiger partial charge >= 0.3 is 0 Å². The second-order valence-electron chi connectivity index (χ2n) is 4.03. The lowest BCUT2D eigenvalue weighted by molar-refractivity contribution is 0.434. The first-order valence-corrected chi connectivity index (χ1v) is 5.48. The number of aromatic nitrogens is 2. The Labute approximate surface area is 97.1 Å². The number of hydrogen-bond donors (Lipinski definition) is 1. The number of rotatable bonds is 1. The van der Waals surface area contributed by atoms with Crippen molar-refractivity contribution in [3.05, 3.63) is 47.7 Å². The molecule has 1 atom stereocenters. The Hall–Kier alpha value is -1.91. The lowest BCUT2D eigenvalue weighted by Crippen LogP contribution is -2.25. The van der Waals surface area contributed by atoms with E-state index < -0.39 is 11.6 Å². The first-order valence-electron chi connectivity index (χ1n) is 5.48. The highest BCUT2D eigenvalue weighted by Crippen LogP contribution is 2.31. The normalized spacial score (nSPS) is 18.6. The van der Waals surface area contributed by atoms with Crippen LogP contribution < -0.4 is 5.32 Å². The monoisotopic (exact) mass is 235 g/mol.